The third-order valence-electron chi connectivity index (χ3n) is 1.38. The summed E-state index contributed by atoms with van der Waals surface area (Å²) in [4.78, 5) is 0. The first-order valence-corrected chi connectivity index (χ1v) is 3.69. The number of halogens is 4. The minimum atomic E-state index is -4.36. The summed E-state index contributed by atoms with van der Waals surface area (Å²) in [6.07, 6.45) is 1.40. The molecule has 0 saturated carbocycles. The SMILES string of the molecule is FC(F)(F)C1=C(Cl)C=CCC=C1. The van der Waals surface area contributed by atoms with E-state index in [2.05, 4.69) is 0 Å². The first-order valence-electron chi connectivity index (χ1n) is 3.32. The molecule has 0 heterocycles. The molecule has 0 saturated heterocycles. The van der Waals surface area contributed by atoms with Gasteiger partial charge in [0.25, 0.3) is 0 Å². The highest BCUT2D eigenvalue weighted by molar-refractivity contribution is 6.31. The maximum Gasteiger partial charge on any atom is 0.417 e. The molecule has 66 valence electrons. The molecule has 0 amide bonds. The van der Waals surface area contributed by atoms with Gasteiger partial charge in [-0.3, -0.25) is 0 Å². The van der Waals surface area contributed by atoms with Crippen molar-refractivity contribution < 1.29 is 13.2 Å². The van der Waals surface area contributed by atoms with Gasteiger partial charge < -0.3 is 0 Å². The highest BCUT2D eigenvalue weighted by Crippen LogP contribution is 2.32. The van der Waals surface area contributed by atoms with Crippen molar-refractivity contribution in [1.82, 2.24) is 0 Å². The van der Waals surface area contributed by atoms with Crippen LogP contribution in [0.5, 0.6) is 0 Å². The molecule has 0 N–H and O–H groups in total. The van der Waals surface area contributed by atoms with Crippen molar-refractivity contribution >= 4 is 11.6 Å². The third-order valence-corrected chi connectivity index (χ3v) is 1.71. The van der Waals surface area contributed by atoms with Crippen LogP contribution in [0.3, 0.4) is 0 Å². The number of hydrogen-bond donors (Lipinski definition) is 0. The van der Waals surface area contributed by atoms with Gasteiger partial charge >= 0.3 is 6.18 Å². The molecule has 0 radical (unpaired) electrons. The average Bonchev–Trinajstić information content (AvgIpc) is 2.11. The van der Waals surface area contributed by atoms with Gasteiger partial charge in [-0.05, 0) is 12.5 Å². The van der Waals surface area contributed by atoms with Crippen LogP contribution in [-0.2, 0) is 0 Å². The third kappa shape index (κ3) is 2.14. The molecule has 0 bridgehead atoms. The molecular weight excluding hydrogens is 189 g/mol. The largest absolute Gasteiger partial charge is 0.417 e. The summed E-state index contributed by atoms with van der Waals surface area (Å²) in [6.45, 7) is 0. The predicted octanol–water partition coefficient (Wildman–Crippen LogP) is 3.56. The molecule has 12 heavy (non-hydrogen) atoms. The monoisotopic (exact) mass is 194 g/mol. The second kappa shape index (κ2) is 3.35. The predicted molar refractivity (Wildman–Crippen MR) is 41.8 cm³/mol. The minimum absolute atomic E-state index is 0.253. The summed E-state index contributed by atoms with van der Waals surface area (Å²) in [5.41, 5.74) is -0.780. The van der Waals surface area contributed by atoms with Gasteiger partial charge in [0.1, 0.15) is 0 Å². The molecule has 4 heteroatoms. The second-order valence-corrected chi connectivity index (χ2v) is 2.71. The molecule has 0 spiro atoms. The molecule has 1 aliphatic rings. The highest BCUT2D eigenvalue weighted by Gasteiger charge is 2.33. The van der Waals surface area contributed by atoms with Crippen molar-refractivity contribution in [1.29, 1.82) is 0 Å². The van der Waals surface area contributed by atoms with Crippen LogP contribution >= 0.6 is 11.6 Å². The lowest BCUT2D eigenvalue weighted by atomic mass is 10.2. The normalized spacial score (nSPS) is 18.3. The van der Waals surface area contributed by atoms with E-state index in [9.17, 15) is 13.2 Å². The Morgan fingerprint density at radius 3 is 2.33 bits per heavy atom. The number of allylic oxidation sites excluding steroid dienone is 6. The molecule has 0 nitrogen and oxygen atoms in total. The number of hydrogen-bond acceptors (Lipinski definition) is 0. The Kier molecular flexibility index (Phi) is 2.62. The first-order chi connectivity index (χ1) is 5.52. The summed E-state index contributed by atoms with van der Waals surface area (Å²) in [7, 11) is 0. The zero-order valence-corrected chi connectivity index (χ0v) is 6.78. The Hall–Kier alpha value is -0.700. The molecule has 1 rings (SSSR count). The van der Waals surface area contributed by atoms with Crippen molar-refractivity contribution in [3.63, 3.8) is 0 Å². The lowest BCUT2D eigenvalue weighted by Crippen LogP contribution is -2.10. The van der Waals surface area contributed by atoms with Crippen molar-refractivity contribution in [2.45, 2.75) is 12.6 Å². The van der Waals surface area contributed by atoms with Gasteiger partial charge in [-0.25, -0.2) is 0 Å². The van der Waals surface area contributed by atoms with Crippen molar-refractivity contribution in [3.05, 3.63) is 34.9 Å². The van der Waals surface area contributed by atoms with Gasteiger partial charge in [0, 0.05) is 0 Å². The summed E-state index contributed by atoms with van der Waals surface area (Å²) in [6, 6.07) is 0. The van der Waals surface area contributed by atoms with Gasteiger partial charge in [0.15, 0.2) is 0 Å². The van der Waals surface area contributed by atoms with Crippen molar-refractivity contribution in [2.75, 3.05) is 0 Å². The zero-order chi connectivity index (χ0) is 9.19. The van der Waals surface area contributed by atoms with Crippen LogP contribution in [0.1, 0.15) is 6.42 Å². The Balaban J connectivity index is 3.07. The van der Waals surface area contributed by atoms with Gasteiger partial charge in [-0.1, -0.05) is 29.8 Å². The van der Waals surface area contributed by atoms with E-state index in [1.807, 2.05) is 0 Å². The number of rotatable bonds is 0. The fraction of sp³-hybridized carbons (Fsp3) is 0.250. The van der Waals surface area contributed by atoms with Gasteiger partial charge in [-0.2, -0.15) is 13.2 Å². The second-order valence-electron chi connectivity index (χ2n) is 2.30. The summed E-state index contributed by atoms with van der Waals surface area (Å²) in [5.74, 6) is 0. The maximum atomic E-state index is 12.1. The average molecular weight is 195 g/mol. The quantitative estimate of drug-likeness (QED) is 0.553. The van der Waals surface area contributed by atoms with E-state index in [0.29, 0.717) is 6.42 Å². The van der Waals surface area contributed by atoms with Crippen LogP contribution in [0.2, 0.25) is 0 Å². The highest BCUT2D eigenvalue weighted by atomic mass is 35.5. The molecule has 0 atom stereocenters. The van der Waals surface area contributed by atoms with Crippen LogP contribution in [0.15, 0.2) is 34.9 Å². The minimum Gasteiger partial charge on any atom is -0.166 e. The van der Waals surface area contributed by atoms with E-state index >= 15 is 0 Å². The van der Waals surface area contributed by atoms with Crippen LogP contribution in [-0.4, -0.2) is 6.18 Å². The van der Waals surface area contributed by atoms with E-state index < -0.39 is 11.7 Å². The fourth-order valence-electron chi connectivity index (χ4n) is 0.835. The van der Waals surface area contributed by atoms with Crippen LogP contribution in [0.25, 0.3) is 0 Å². The lowest BCUT2D eigenvalue weighted by molar-refractivity contribution is -0.0884. The van der Waals surface area contributed by atoms with E-state index in [0.717, 1.165) is 6.08 Å². The molecule has 1 aliphatic carbocycles. The fourth-order valence-corrected chi connectivity index (χ4v) is 1.09. The van der Waals surface area contributed by atoms with E-state index in [4.69, 9.17) is 11.6 Å². The molecule has 0 aliphatic heterocycles. The summed E-state index contributed by atoms with van der Waals surface area (Å²) in [5, 5.41) is -0.253. The summed E-state index contributed by atoms with van der Waals surface area (Å²) >= 11 is 5.39. The Morgan fingerprint density at radius 2 is 1.75 bits per heavy atom. The van der Waals surface area contributed by atoms with Crippen molar-refractivity contribution in [3.8, 4) is 0 Å². The van der Waals surface area contributed by atoms with Crippen LogP contribution in [0.4, 0.5) is 13.2 Å². The van der Waals surface area contributed by atoms with Crippen LogP contribution in [0, 0.1) is 0 Å². The smallest absolute Gasteiger partial charge is 0.166 e. The molecule has 0 aromatic rings. The standard InChI is InChI=1S/C8H6ClF3/c9-7-5-3-1-2-4-6(7)8(10,11)12/h2-5H,1H2. The lowest BCUT2D eigenvalue weighted by Gasteiger charge is -2.07. The Morgan fingerprint density at radius 1 is 1.17 bits per heavy atom. The Labute approximate surface area is 73.0 Å². The molecule has 0 unspecified atom stereocenters. The van der Waals surface area contributed by atoms with Crippen LogP contribution < -0.4 is 0 Å². The Bertz CT molecular complexity index is 258. The zero-order valence-electron chi connectivity index (χ0n) is 6.03. The summed E-state index contributed by atoms with van der Waals surface area (Å²) < 4.78 is 36.4. The molecular formula is C8H6ClF3. The van der Waals surface area contributed by atoms with Crippen molar-refractivity contribution in [2.24, 2.45) is 0 Å². The topological polar surface area (TPSA) is 0 Å². The van der Waals surface area contributed by atoms with Gasteiger partial charge in [0.2, 0.25) is 0 Å². The molecule has 0 aromatic heterocycles. The van der Waals surface area contributed by atoms with Gasteiger partial charge in [-0.15, -0.1) is 0 Å². The van der Waals surface area contributed by atoms with E-state index in [-0.39, 0.29) is 5.03 Å². The van der Waals surface area contributed by atoms with Gasteiger partial charge in [0.05, 0.1) is 10.6 Å². The number of alkyl halides is 3. The maximum absolute atomic E-state index is 12.1. The molecule has 0 aromatic carbocycles. The first kappa shape index (κ1) is 9.39. The van der Waals surface area contributed by atoms with E-state index in [1.54, 1.807) is 6.08 Å². The van der Waals surface area contributed by atoms with E-state index in [1.165, 1.54) is 12.2 Å². The molecule has 0 fully saturated rings.